The summed E-state index contributed by atoms with van der Waals surface area (Å²) in [5.74, 6) is 0. The van der Waals surface area contributed by atoms with Gasteiger partial charge in [0.05, 0.1) is 11.1 Å². The Hall–Kier alpha value is -1.76. The van der Waals surface area contributed by atoms with E-state index < -0.39 is 10.6 Å². The fourth-order valence-electron chi connectivity index (χ4n) is 1.41. The highest BCUT2D eigenvalue weighted by Crippen LogP contribution is 2.05. The third-order valence-electron chi connectivity index (χ3n) is 2.28. The van der Waals surface area contributed by atoms with Crippen molar-refractivity contribution < 1.29 is 4.92 Å². The molecule has 1 aromatic heterocycles. The Morgan fingerprint density at radius 3 is 2.72 bits per heavy atom. The number of aromatic nitrogens is 2. The van der Waals surface area contributed by atoms with Crippen LogP contribution in [0.1, 0.15) is 27.2 Å². The molecule has 0 fully saturated rings. The standard InChI is InChI=1S/C11H18N4O3/c1-11(2,3)13-5-4-6-14-8-9(15(17)18)7-12-10(14)16/h7-8,13H,4-6H2,1-3H3. The van der Waals surface area contributed by atoms with Gasteiger partial charge in [-0.15, -0.1) is 0 Å². The summed E-state index contributed by atoms with van der Waals surface area (Å²) in [7, 11) is 0. The molecular weight excluding hydrogens is 236 g/mol. The van der Waals surface area contributed by atoms with Gasteiger partial charge in [-0.05, 0) is 33.7 Å². The van der Waals surface area contributed by atoms with Crippen LogP contribution in [0.3, 0.4) is 0 Å². The van der Waals surface area contributed by atoms with E-state index in [1.165, 1.54) is 10.8 Å². The van der Waals surface area contributed by atoms with E-state index in [1.54, 1.807) is 0 Å². The van der Waals surface area contributed by atoms with E-state index in [2.05, 4.69) is 10.3 Å². The van der Waals surface area contributed by atoms with Crippen LogP contribution in [0.4, 0.5) is 5.69 Å². The van der Waals surface area contributed by atoms with Crippen LogP contribution in [-0.4, -0.2) is 26.6 Å². The Labute approximate surface area is 105 Å². The summed E-state index contributed by atoms with van der Waals surface area (Å²) in [5, 5.41) is 13.8. The largest absolute Gasteiger partial charge is 0.347 e. The molecule has 1 aromatic rings. The van der Waals surface area contributed by atoms with E-state index in [4.69, 9.17) is 0 Å². The van der Waals surface area contributed by atoms with Crippen molar-refractivity contribution in [3.63, 3.8) is 0 Å². The second-order valence-corrected chi connectivity index (χ2v) is 5.08. The van der Waals surface area contributed by atoms with Crippen LogP contribution in [0, 0.1) is 10.1 Å². The number of hydrogen-bond acceptors (Lipinski definition) is 5. The fourth-order valence-corrected chi connectivity index (χ4v) is 1.41. The van der Waals surface area contributed by atoms with Crippen molar-refractivity contribution in [2.45, 2.75) is 39.3 Å². The number of hydrogen-bond donors (Lipinski definition) is 1. The van der Waals surface area contributed by atoms with E-state index in [0.29, 0.717) is 13.0 Å². The second-order valence-electron chi connectivity index (χ2n) is 5.08. The van der Waals surface area contributed by atoms with Gasteiger partial charge in [0.15, 0.2) is 0 Å². The number of nitrogens with zero attached hydrogens (tertiary/aromatic N) is 3. The Kier molecular flexibility index (Phi) is 4.55. The quantitative estimate of drug-likeness (QED) is 0.479. The van der Waals surface area contributed by atoms with Gasteiger partial charge in [0.1, 0.15) is 6.20 Å². The molecule has 100 valence electrons. The Balaban J connectivity index is 2.59. The van der Waals surface area contributed by atoms with Crippen molar-refractivity contribution in [2.75, 3.05) is 6.54 Å². The van der Waals surface area contributed by atoms with Gasteiger partial charge in [-0.25, -0.2) is 4.79 Å². The summed E-state index contributed by atoms with van der Waals surface area (Å²) in [6, 6.07) is 0. The smallest absolute Gasteiger partial charge is 0.312 e. The van der Waals surface area contributed by atoms with Crippen LogP contribution in [-0.2, 0) is 6.54 Å². The van der Waals surface area contributed by atoms with Gasteiger partial charge in [-0.3, -0.25) is 14.7 Å². The van der Waals surface area contributed by atoms with Gasteiger partial charge >= 0.3 is 11.4 Å². The molecule has 18 heavy (non-hydrogen) atoms. The van der Waals surface area contributed by atoms with E-state index in [1.807, 2.05) is 20.8 Å². The first-order valence-corrected chi connectivity index (χ1v) is 5.75. The van der Waals surface area contributed by atoms with E-state index in [0.717, 1.165) is 12.7 Å². The second kappa shape index (κ2) is 5.72. The van der Waals surface area contributed by atoms with E-state index in [-0.39, 0.29) is 11.2 Å². The van der Waals surface area contributed by atoms with Crippen LogP contribution in [0.15, 0.2) is 17.2 Å². The fraction of sp³-hybridized carbons (Fsp3) is 0.636. The minimum Gasteiger partial charge on any atom is -0.312 e. The normalized spacial score (nSPS) is 11.5. The van der Waals surface area contributed by atoms with Gasteiger partial charge in [0, 0.05) is 12.1 Å². The lowest BCUT2D eigenvalue weighted by Crippen LogP contribution is -2.37. The third kappa shape index (κ3) is 4.62. The van der Waals surface area contributed by atoms with Crippen molar-refractivity contribution in [3.05, 3.63) is 33.0 Å². The summed E-state index contributed by atoms with van der Waals surface area (Å²) in [6.45, 7) is 7.30. The van der Waals surface area contributed by atoms with Crippen molar-refractivity contribution in [1.29, 1.82) is 0 Å². The van der Waals surface area contributed by atoms with Gasteiger partial charge in [0.2, 0.25) is 0 Å². The Bertz CT molecular complexity index is 476. The van der Waals surface area contributed by atoms with Gasteiger partial charge < -0.3 is 5.32 Å². The average Bonchev–Trinajstić information content (AvgIpc) is 2.24. The number of nitro groups is 1. The highest BCUT2D eigenvalue weighted by atomic mass is 16.6. The Morgan fingerprint density at radius 1 is 1.50 bits per heavy atom. The molecule has 1 rings (SSSR count). The van der Waals surface area contributed by atoms with Gasteiger partial charge in [-0.2, -0.15) is 4.98 Å². The van der Waals surface area contributed by atoms with E-state index in [9.17, 15) is 14.9 Å². The maximum atomic E-state index is 11.4. The van der Waals surface area contributed by atoms with Gasteiger partial charge in [-0.1, -0.05) is 0 Å². The molecular formula is C11H18N4O3. The lowest BCUT2D eigenvalue weighted by Gasteiger charge is -2.20. The molecule has 0 aliphatic rings. The molecule has 7 nitrogen and oxygen atoms in total. The molecule has 7 heteroatoms. The average molecular weight is 254 g/mol. The van der Waals surface area contributed by atoms with Crippen LogP contribution >= 0.6 is 0 Å². The molecule has 0 bridgehead atoms. The molecule has 1 heterocycles. The number of rotatable bonds is 5. The lowest BCUT2D eigenvalue weighted by atomic mass is 10.1. The van der Waals surface area contributed by atoms with Gasteiger partial charge in [0.25, 0.3) is 0 Å². The first kappa shape index (κ1) is 14.3. The predicted octanol–water partition coefficient (Wildman–Crippen LogP) is 0.930. The van der Waals surface area contributed by atoms with Crippen molar-refractivity contribution in [1.82, 2.24) is 14.9 Å². The molecule has 0 saturated carbocycles. The number of nitrogens with one attached hydrogen (secondary N) is 1. The summed E-state index contributed by atoms with van der Waals surface area (Å²) >= 11 is 0. The summed E-state index contributed by atoms with van der Waals surface area (Å²) in [5.41, 5.74) is -0.610. The van der Waals surface area contributed by atoms with Crippen molar-refractivity contribution in [2.24, 2.45) is 0 Å². The lowest BCUT2D eigenvalue weighted by molar-refractivity contribution is -0.385. The highest BCUT2D eigenvalue weighted by Gasteiger charge is 2.10. The highest BCUT2D eigenvalue weighted by molar-refractivity contribution is 5.20. The van der Waals surface area contributed by atoms with Crippen molar-refractivity contribution in [3.8, 4) is 0 Å². The maximum absolute atomic E-state index is 11.4. The minimum atomic E-state index is -0.559. The predicted molar refractivity (Wildman–Crippen MR) is 67.5 cm³/mol. The molecule has 0 radical (unpaired) electrons. The molecule has 0 atom stereocenters. The molecule has 0 amide bonds. The third-order valence-corrected chi connectivity index (χ3v) is 2.28. The van der Waals surface area contributed by atoms with Crippen molar-refractivity contribution >= 4 is 5.69 Å². The number of aryl methyl sites for hydroxylation is 1. The topological polar surface area (TPSA) is 90.1 Å². The van der Waals surface area contributed by atoms with Crippen LogP contribution < -0.4 is 11.0 Å². The minimum absolute atomic E-state index is 0.0197. The first-order valence-electron chi connectivity index (χ1n) is 5.75. The van der Waals surface area contributed by atoms with Crippen LogP contribution in [0.5, 0.6) is 0 Å². The monoisotopic (exact) mass is 254 g/mol. The molecule has 0 unspecified atom stereocenters. The zero-order valence-corrected chi connectivity index (χ0v) is 10.8. The SMILES string of the molecule is CC(C)(C)NCCCn1cc([N+](=O)[O-])cnc1=O. The molecule has 0 saturated heterocycles. The molecule has 0 aliphatic heterocycles. The van der Waals surface area contributed by atoms with Crippen LogP contribution in [0.25, 0.3) is 0 Å². The first-order chi connectivity index (χ1) is 8.29. The summed E-state index contributed by atoms with van der Waals surface area (Å²) < 4.78 is 1.27. The zero-order valence-electron chi connectivity index (χ0n) is 10.8. The maximum Gasteiger partial charge on any atom is 0.347 e. The summed E-state index contributed by atoms with van der Waals surface area (Å²) in [6.07, 6.45) is 2.92. The molecule has 0 aromatic carbocycles. The summed E-state index contributed by atoms with van der Waals surface area (Å²) in [4.78, 5) is 24.9. The van der Waals surface area contributed by atoms with E-state index >= 15 is 0 Å². The molecule has 0 aliphatic carbocycles. The molecule has 1 N–H and O–H groups in total. The zero-order chi connectivity index (χ0) is 13.8. The Morgan fingerprint density at radius 2 is 2.17 bits per heavy atom. The molecule has 0 spiro atoms. The van der Waals surface area contributed by atoms with Crippen LogP contribution in [0.2, 0.25) is 0 Å².